The summed E-state index contributed by atoms with van der Waals surface area (Å²) < 4.78 is 0. The minimum Gasteiger partial charge on any atom is -0.507 e. The van der Waals surface area contributed by atoms with Crippen LogP contribution in [0.15, 0.2) is 24.3 Å². The van der Waals surface area contributed by atoms with E-state index in [0.29, 0.717) is 6.42 Å². The molecule has 1 heterocycles. The summed E-state index contributed by atoms with van der Waals surface area (Å²) in [6.45, 7) is 0. The van der Waals surface area contributed by atoms with E-state index in [2.05, 4.69) is 5.32 Å². The van der Waals surface area contributed by atoms with Crippen molar-refractivity contribution in [3.63, 3.8) is 0 Å². The number of carbonyl (C=O) groups is 3. The molecule has 0 aromatic heterocycles. The second kappa shape index (κ2) is 6.56. The number of benzene rings is 1. The Morgan fingerprint density at radius 3 is 2.70 bits per heavy atom. The first kappa shape index (κ1) is 14.6. The number of thioether (sulfide) groups is 1. The Kier molecular flexibility index (Phi) is 4.79. The molecule has 5 nitrogen and oxygen atoms in total. The molecule has 1 amide bonds. The van der Waals surface area contributed by atoms with Crippen molar-refractivity contribution >= 4 is 28.6 Å². The predicted octanol–water partition coefficient (Wildman–Crippen LogP) is 1.50. The maximum Gasteiger partial charge on any atom is 0.221 e. The molecule has 1 aliphatic heterocycles. The van der Waals surface area contributed by atoms with Gasteiger partial charge in [-0.2, -0.15) is 0 Å². The molecule has 0 bridgehead atoms. The van der Waals surface area contributed by atoms with Gasteiger partial charge < -0.3 is 10.4 Å². The van der Waals surface area contributed by atoms with Crippen LogP contribution >= 0.6 is 11.8 Å². The van der Waals surface area contributed by atoms with Gasteiger partial charge in [-0.25, -0.2) is 0 Å². The van der Waals surface area contributed by atoms with Gasteiger partial charge >= 0.3 is 0 Å². The normalized spacial score (nSPS) is 18.0. The van der Waals surface area contributed by atoms with Crippen LogP contribution in [0.25, 0.3) is 0 Å². The van der Waals surface area contributed by atoms with E-state index in [9.17, 15) is 19.5 Å². The van der Waals surface area contributed by atoms with Gasteiger partial charge in [0.2, 0.25) is 11.0 Å². The number of carbonyl (C=O) groups excluding carboxylic acids is 3. The molecule has 2 rings (SSSR count). The van der Waals surface area contributed by atoms with E-state index in [1.54, 1.807) is 12.1 Å². The Bertz CT molecular complexity index is 544. The van der Waals surface area contributed by atoms with Crippen molar-refractivity contribution in [2.45, 2.75) is 25.3 Å². The van der Waals surface area contributed by atoms with Crippen molar-refractivity contribution in [3.05, 3.63) is 29.8 Å². The Morgan fingerprint density at radius 2 is 2.05 bits per heavy atom. The molecule has 0 aliphatic carbocycles. The number of Topliss-reactive ketones (excluding diaryl/α,β-unsaturated/α-hetero) is 1. The number of ketones is 1. The highest BCUT2D eigenvalue weighted by molar-refractivity contribution is 8.14. The SMILES string of the molecule is O=C(CCC(=O)c1ccccc1O)NC1CCSC1=O. The number of rotatable bonds is 5. The molecule has 1 saturated heterocycles. The van der Waals surface area contributed by atoms with Crippen LogP contribution in [-0.4, -0.2) is 33.7 Å². The van der Waals surface area contributed by atoms with E-state index in [0.717, 1.165) is 5.75 Å². The zero-order valence-corrected chi connectivity index (χ0v) is 11.6. The summed E-state index contributed by atoms with van der Waals surface area (Å²) in [6.07, 6.45) is 0.668. The Labute approximate surface area is 120 Å². The molecule has 1 atom stereocenters. The highest BCUT2D eigenvalue weighted by atomic mass is 32.2. The van der Waals surface area contributed by atoms with Crippen molar-refractivity contribution in [1.29, 1.82) is 0 Å². The van der Waals surface area contributed by atoms with Crippen LogP contribution in [-0.2, 0) is 9.59 Å². The van der Waals surface area contributed by atoms with Crippen molar-refractivity contribution in [1.82, 2.24) is 5.32 Å². The molecule has 6 heteroatoms. The zero-order chi connectivity index (χ0) is 14.5. The lowest BCUT2D eigenvalue weighted by Gasteiger charge is -2.09. The second-order valence-corrected chi connectivity index (χ2v) is 5.62. The lowest BCUT2D eigenvalue weighted by molar-refractivity contribution is -0.124. The smallest absolute Gasteiger partial charge is 0.221 e. The van der Waals surface area contributed by atoms with E-state index in [1.165, 1.54) is 23.9 Å². The summed E-state index contributed by atoms with van der Waals surface area (Å²) in [5, 5.41) is 12.1. The van der Waals surface area contributed by atoms with E-state index < -0.39 is 6.04 Å². The second-order valence-electron chi connectivity index (χ2n) is 4.52. The van der Waals surface area contributed by atoms with E-state index >= 15 is 0 Å². The molecule has 1 fully saturated rings. The quantitative estimate of drug-likeness (QED) is 0.804. The molecule has 1 unspecified atom stereocenters. The van der Waals surface area contributed by atoms with E-state index in [1.807, 2.05) is 0 Å². The van der Waals surface area contributed by atoms with Crippen LogP contribution in [0.5, 0.6) is 5.75 Å². The molecule has 2 N–H and O–H groups in total. The van der Waals surface area contributed by atoms with Crippen LogP contribution in [0.4, 0.5) is 0 Å². The lowest BCUT2D eigenvalue weighted by Crippen LogP contribution is -2.37. The maximum absolute atomic E-state index is 11.9. The first-order chi connectivity index (χ1) is 9.58. The van der Waals surface area contributed by atoms with E-state index in [4.69, 9.17) is 0 Å². The van der Waals surface area contributed by atoms with Gasteiger partial charge in [-0.05, 0) is 18.6 Å². The third-order valence-corrected chi connectivity index (χ3v) is 4.06. The largest absolute Gasteiger partial charge is 0.507 e. The van der Waals surface area contributed by atoms with Gasteiger partial charge in [-0.1, -0.05) is 23.9 Å². The molecule has 0 radical (unpaired) electrons. The summed E-state index contributed by atoms with van der Waals surface area (Å²) >= 11 is 1.22. The number of nitrogens with one attached hydrogen (secondary N) is 1. The predicted molar refractivity (Wildman–Crippen MR) is 75.7 cm³/mol. The summed E-state index contributed by atoms with van der Waals surface area (Å²) in [6, 6.07) is 5.81. The fraction of sp³-hybridized carbons (Fsp3) is 0.357. The molecule has 106 valence electrons. The molecular weight excluding hydrogens is 278 g/mol. The monoisotopic (exact) mass is 293 g/mol. The van der Waals surface area contributed by atoms with Gasteiger partial charge in [0.1, 0.15) is 5.75 Å². The topological polar surface area (TPSA) is 83.5 Å². The molecule has 1 aromatic rings. The number of para-hydroxylation sites is 1. The zero-order valence-electron chi connectivity index (χ0n) is 10.8. The maximum atomic E-state index is 11.9. The fourth-order valence-corrected chi connectivity index (χ4v) is 2.90. The van der Waals surface area contributed by atoms with Crippen LogP contribution in [0.2, 0.25) is 0 Å². The average molecular weight is 293 g/mol. The number of hydrogen-bond acceptors (Lipinski definition) is 5. The standard InChI is InChI=1S/C14H15NO4S/c16-11-4-2-1-3-9(11)12(17)5-6-13(18)15-10-7-8-20-14(10)19/h1-4,10,16H,5-8H2,(H,15,18). The number of phenols is 1. The molecule has 0 saturated carbocycles. The van der Waals surface area contributed by atoms with Gasteiger partial charge in [-0.3, -0.25) is 14.4 Å². The van der Waals surface area contributed by atoms with Gasteiger partial charge in [0.15, 0.2) is 5.78 Å². The van der Waals surface area contributed by atoms with Crippen molar-refractivity contribution in [2.75, 3.05) is 5.75 Å². The number of amides is 1. The first-order valence-electron chi connectivity index (χ1n) is 6.35. The molecular formula is C14H15NO4S. The Hall–Kier alpha value is -1.82. The minimum atomic E-state index is -0.423. The van der Waals surface area contributed by atoms with Crippen LogP contribution < -0.4 is 5.32 Å². The fourth-order valence-electron chi connectivity index (χ4n) is 1.96. The average Bonchev–Trinajstić information content (AvgIpc) is 2.82. The highest BCUT2D eigenvalue weighted by Gasteiger charge is 2.26. The van der Waals surface area contributed by atoms with Gasteiger partial charge in [0.05, 0.1) is 11.6 Å². The minimum absolute atomic E-state index is 0.0114. The summed E-state index contributed by atoms with van der Waals surface area (Å²) in [4.78, 5) is 34.9. The highest BCUT2D eigenvalue weighted by Crippen LogP contribution is 2.20. The Morgan fingerprint density at radius 1 is 1.30 bits per heavy atom. The number of phenolic OH excluding ortho intramolecular Hbond substituents is 1. The van der Waals surface area contributed by atoms with Gasteiger partial charge in [0.25, 0.3) is 0 Å². The summed E-state index contributed by atoms with van der Waals surface area (Å²) in [5.41, 5.74) is 0.216. The lowest BCUT2D eigenvalue weighted by atomic mass is 10.1. The van der Waals surface area contributed by atoms with Crippen molar-refractivity contribution < 1.29 is 19.5 Å². The van der Waals surface area contributed by atoms with Gasteiger partial charge in [-0.15, -0.1) is 0 Å². The third-order valence-electron chi connectivity index (χ3n) is 3.05. The summed E-state index contributed by atoms with van der Waals surface area (Å²) in [5.74, 6) is 0.0425. The summed E-state index contributed by atoms with van der Waals surface area (Å²) in [7, 11) is 0. The van der Waals surface area contributed by atoms with Crippen LogP contribution in [0, 0.1) is 0 Å². The van der Waals surface area contributed by atoms with Crippen LogP contribution in [0.1, 0.15) is 29.6 Å². The number of hydrogen-bond donors (Lipinski definition) is 2. The van der Waals surface area contributed by atoms with Crippen molar-refractivity contribution in [2.24, 2.45) is 0 Å². The third kappa shape index (κ3) is 3.60. The van der Waals surface area contributed by atoms with Gasteiger partial charge in [0, 0.05) is 18.6 Å². The Balaban J connectivity index is 1.83. The molecule has 20 heavy (non-hydrogen) atoms. The first-order valence-corrected chi connectivity index (χ1v) is 7.33. The number of aromatic hydroxyl groups is 1. The molecule has 1 aromatic carbocycles. The van der Waals surface area contributed by atoms with Crippen molar-refractivity contribution in [3.8, 4) is 5.75 Å². The van der Waals surface area contributed by atoms with E-state index in [-0.39, 0.29) is 41.0 Å². The molecule has 0 spiro atoms. The van der Waals surface area contributed by atoms with Crippen LogP contribution in [0.3, 0.4) is 0 Å². The molecule has 1 aliphatic rings.